The van der Waals surface area contributed by atoms with Gasteiger partial charge in [0.2, 0.25) is 0 Å². The summed E-state index contributed by atoms with van der Waals surface area (Å²) in [5.74, 6) is 0.659. The van der Waals surface area contributed by atoms with Crippen molar-refractivity contribution in [2.75, 3.05) is 26.2 Å². The van der Waals surface area contributed by atoms with Crippen molar-refractivity contribution in [2.45, 2.75) is 46.0 Å². The minimum Gasteiger partial charge on any atom is -0.435 e. The molecule has 0 saturated heterocycles. The van der Waals surface area contributed by atoms with Crippen molar-refractivity contribution in [2.24, 2.45) is 4.99 Å². The van der Waals surface area contributed by atoms with Crippen LogP contribution in [0.3, 0.4) is 0 Å². The van der Waals surface area contributed by atoms with E-state index < -0.39 is 12.7 Å². The quantitative estimate of drug-likeness (QED) is 0.316. The summed E-state index contributed by atoms with van der Waals surface area (Å²) in [4.78, 5) is 4.35. The fraction of sp³-hybridized carbons (Fsp3) is 0.611. The van der Waals surface area contributed by atoms with Gasteiger partial charge in [-0.25, -0.2) is 0 Å². The van der Waals surface area contributed by atoms with Gasteiger partial charge in [-0.1, -0.05) is 12.1 Å². The molecule has 8 heteroatoms. The van der Waals surface area contributed by atoms with Crippen molar-refractivity contribution in [3.05, 3.63) is 29.8 Å². The maximum absolute atomic E-state index is 12.1. The van der Waals surface area contributed by atoms with Gasteiger partial charge in [0.15, 0.2) is 5.96 Å². The lowest BCUT2D eigenvalue weighted by molar-refractivity contribution is -0.0498. The smallest absolute Gasteiger partial charge is 0.387 e. The van der Waals surface area contributed by atoms with Gasteiger partial charge in [0.1, 0.15) is 5.75 Å². The van der Waals surface area contributed by atoms with E-state index in [-0.39, 0.29) is 18.4 Å². The maximum Gasteiger partial charge on any atom is 0.387 e. The molecule has 1 aromatic carbocycles. The Morgan fingerprint density at radius 1 is 1.19 bits per heavy atom. The van der Waals surface area contributed by atoms with Crippen LogP contribution >= 0.6 is 0 Å². The molecule has 1 rings (SSSR count). The van der Waals surface area contributed by atoms with E-state index in [2.05, 4.69) is 20.4 Å². The van der Waals surface area contributed by atoms with Crippen LogP contribution < -0.4 is 15.4 Å². The molecule has 6 nitrogen and oxygen atoms in total. The summed E-state index contributed by atoms with van der Waals surface area (Å²) in [6.45, 7) is 5.29. The predicted octanol–water partition coefficient (Wildman–Crippen LogP) is 2.69. The number of aliphatic imine (C=N–C) groups is 1. The number of hydrogen-bond donors (Lipinski definition) is 3. The molecule has 0 radical (unpaired) electrons. The lowest BCUT2D eigenvalue weighted by Gasteiger charge is -2.14. The molecule has 1 aromatic rings. The zero-order valence-electron chi connectivity index (χ0n) is 15.5. The van der Waals surface area contributed by atoms with Crippen LogP contribution in [0.5, 0.6) is 5.75 Å². The first-order valence-corrected chi connectivity index (χ1v) is 8.79. The third kappa shape index (κ3) is 9.53. The molecule has 0 fully saturated rings. The number of nitrogens with one attached hydrogen (secondary N) is 2. The van der Waals surface area contributed by atoms with Gasteiger partial charge < -0.3 is 25.2 Å². The lowest BCUT2D eigenvalue weighted by atomic mass is 10.1. The minimum atomic E-state index is -2.87. The van der Waals surface area contributed by atoms with Crippen molar-refractivity contribution < 1.29 is 23.4 Å². The summed E-state index contributed by atoms with van der Waals surface area (Å²) in [5.41, 5.74) is 0.580. The number of hydrogen-bond acceptors (Lipinski definition) is 4. The maximum atomic E-state index is 12.1. The zero-order valence-corrected chi connectivity index (χ0v) is 15.5. The number of halogens is 2. The fourth-order valence-corrected chi connectivity index (χ4v) is 2.09. The number of rotatable bonds is 11. The number of aliphatic hydroxyl groups excluding tert-OH is 1. The van der Waals surface area contributed by atoms with Gasteiger partial charge >= 0.3 is 6.61 Å². The van der Waals surface area contributed by atoms with Gasteiger partial charge in [0.05, 0.1) is 18.8 Å². The summed E-state index contributed by atoms with van der Waals surface area (Å²) in [6, 6.07) is 5.88. The molecule has 0 aliphatic carbocycles. The second-order valence-corrected chi connectivity index (χ2v) is 5.88. The molecule has 0 aliphatic heterocycles. The molecule has 0 aromatic heterocycles. The second kappa shape index (κ2) is 12.4. The van der Waals surface area contributed by atoms with E-state index in [1.165, 1.54) is 12.1 Å². The molecule has 0 amide bonds. The second-order valence-electron chi connectivity index (χ2n) is 5.88. The summed E-state index contributed by atoms with van der Waals surface area (Å²) in [5, 5.41) is 16.5. The number of aliphatic hydroxyl groups is 1. The summed E-state index contributed by atoms with van der Waals surface area (Å²) in [6.07, 6.45) is 0.219. The van der Waals surface area contributed by atoms with Crippen LogP contribution in [0, 0.1) is 0 Å². The van der Waals surface area contributed by atoms with Crippen molar-refractivity contribution in [1.29, 1.82) is 0 Å². The fourth-order valence-electron chi connectivity index (χ4n) is 2.09. The van der Waals surface area contributed by atoms with Gasteiger partial charge in [-0.15, -0.1) is 0 Å². The Balaban J connectivity index is 2.48. The SMILES string of the molecule is CCNC(=NCC(O)c1ccc(OC(F)F)cc1)NCCCOC(C)C. The van der Waals surface area contributed by atoms with Crippen molar-refractivity contribution in [3.63, 3.8) is 0 Å². The third-order valence-electron chi connectivity index (χ3n) is 3.32. The summed E-state index contributed by atoms with van der Waals surface area (Å²) < 4.78 is 34.0. The number of ether oxygens (including phenoxy) is 2. The molecular formula is C18H29F2N3O3. The van der Waals surface area contributed by atoms with E-state index in [0.717, 1.165) is 6.42 Å². The molecular weight excluding hydrogens is 344 g/mol. The Hall–Kier alpha value is -1.93. The molecule has 0 bridgehead atoms. The average Bonchev–Trinajstić information content (AvgIpc) is 2.58. The van der Waals surface area contributed by atoms with Gasteiger partial charge in [-0.3, -0.25) is 4.99 Å². The molecule has 1 unspecified atom stereocenters. The van der Waals surface area contributed by atoms with Crippen molar-refractivity contribution >= 4 is 5.96 Å². The van der Waals surface area contributed by atoms with E-state index >= 15 is 0 Å². The first-order valence-electron chi connectivity index (χ1n) is 8.79. The molecule has 0 aliphatic rings. The first kappa shape index (κ1) is 22.1. The van der Waals surface area contributed by atoms with Crippen LogP contribution in [0.4, 0.5) is 8.78 Å². The van der Waals surface area contributed by atoms with Crippen LogP contribution in [0.1, 0.15) is 38.9 Å². The van der Waals surface area contributed by atoms with Gasteiger partial charge in [0.25, 0.3) is 0 Å². The largest absolute Gasteiger partial charge is 0.435 e. The molecule has 26 heavy (non-hydrogen) atoms. The average molecular weight is 373 g/mol. The number of benzene rings is 1. The Morgan fingerprint density at radius 2 is 1.88 bits per heavy atom. The van der Waals surface area contributed by atoms with E-state index in [0.29, 0.717) is 31.2 Å². The third-order valence-corrected chi connectivity index (χ3v) is 3.32. The van der Waals surface area contributed by atoms with Crippen LogP contribution in [-0.2, 0) is 4.74 Å². The Morgan fingerprint density at radius 3 is 2.46 bits per heavy atom. The minimum absolute atomic E-state index is 0.0538. The molecule has 1 atom stereocenters. The monoisotopic (exact) mass is 373 g/mol. The highest BCUT2D eigenvalue weighted by molar-refractivity contribution is 5.79. The number of guanidine groups is 1. The highest BCUT2D eigenvalue weighted by Gasteiger charge is 2.09. The molecule has 3 N–H and O–H groups in total. The molecule has 0 spiro atoms. The highest BCUT2D eigenvalue weighted by atomic mass is 19.3. The molecule has 0 heterocycles. The van der Waals surface area contributed by atoms with Crippen LogP contribution in [0.25, 0.3) is 0 Å². The topological polar surface area (TPSA) is 75.1 Å². The van der Waals surface area contributed by atoms with Gasteiger partial charge in [0, 0.05) is 19.7 Å². The number of nitrogens with zero attached hydrogens (tertiary/aromatic N) is 1. The normalized spacial score (nSPS) is 13.2. The van der Waals surface area contributed by atoms with E-state index in [1.54, 1.807) is 12.1 Å². The number of alkyl halides is 2. The standard InChI is InChI=1S/C18H29F2N3O3/c1-4-21-18(22-10-5-11-25-13(2)3)23-12-16(24)14-6-8-15(9-7-14)26-17(19)20/h6-9,13,16-17,24H,4-5,10-12H2,1-3H3,(H2,21,22,23). The van der Waals surface area contributed by atoms with Crippen molar-refractivity contribution in [1.82, 2.24) is 10.6 Å². The highest BCUT2D eigenvalue weighted by Crippen LogP contribution is 2.19. The van der Waals surface area contributed by atoms with Crippen LogP contribution in [0.15, 0.2) is 29.3 Å². The van der Waals surface area contributed by atoms with Crippen molar-refractivity contribution in [3.8, 4) is 5.75 Å². The van der Waals surface area contributed by atoms with Crippen LogP contribution in [-0.4, -0.2) is 50.0 Å². The zero-order chi connectivity index (χ0) is 19.4. The molecule has 0 saturated carbocycles. The van der Waals surface area contributed by atoms with E-state index in [9.17, 15) is 13.9 Å². The van der Waals surface area contributed by atoms with Gasteiger partial charge in [-0.2, -0.15) is 8.78 Å². The van der Waals surface area contributed by atoms with E-state index in [4.69, 9.17) is 4.74 Å². The molecule has 148 valence electrons. The van der Waals surface area contributed by atoms with E-state index in [1.807, 2.05) is 20.8 Å². The van der Waals surface area contributed by atoms with Crippen LogP contribution in [0.2, 0.25) is 0 Å². The first-order chi connectivity index (χ1) is 12.4. The predicted molar refractivity (Wildman–Crippen MR) is 97.7 cm³/mol. The Bertz CT molecular complexity index is 525. The summed E-state index contributed by atoms with van der Waals surface area (Å²) in [7, 11) is 0. The summed E-state index contributed by atoms with van der Waals surface area (Å²) >= 11 is 0. The Kier molecular flexibility index (Phi) is 10.6. The lowest BCUT2D eigenvalue weighted by Crippen LogP contribution is -2.38. The van der Waals surface area contributed by atoms with Gasteiger partial charge in [-0.05, 0) is 44.9 Å². The Labute approximate surface area is 153 Å².